The zero-order valence-electron chi connectivity index (χ0n) is 20.5. The molecule has 0 amide bonds. The highest BCUT2D eigenvalue weighted by Gasteiger charge is 2.62. The third kappa shape index (κ3) is 3.52. The van der Waals surface area contributed by atoms with E-state index in [2.05, 4.69) is 59.0 Å². The predicted octanol–water partition coefficient (Wildman–Crippen LogP) is 6.45. The molecule has 31 heavy (non-hydrogen) atoms. The number of hydrogen-bond acceptors (Lipinski definition) is 3. The van der Waals surface area contributed by atoms with Gasteiger partial charge in [0.1, 0.15) is 5.75 Å². The number of hydrogen-bond donors (Lipinski definition) is 1. The molecule has 2 saturated carbocycles. The first-order valence-corrected chi connectivity index (χ1v) is 15.5. The Morgan fingerprint density at radius 3 is 2.58 bits per heavy atom. The van der Waals surface area contributed by atoms with Gasteiger partial charge in [0.2, 0.25) is 8.32 Å². The van der Waals surface area contributed by atoms with Crippen molar-refractivity contribution in [2.45, 2.75) is 108 Å². The normalized spacial score (nSPS) is 39.5. The van der Waals surface area contributed by atoms with Crippen LogP contribution in [0.15, 0.2) is 18.2 Å². The second kappa shape index (κ2) is 7.08. The second-order valence-corrected chi connectivity index (χ2v) is 17.5. The van der Waals surface area contributed by atoms with Crippen molar-refractivity contribution in [2.24, 2.45) is 17.3 Å². The van der Waals surface area contributed by atoms with E-state index in [0.29, 0.717) is 23.9 Å². The van der Waals surface area contributed by atoms with Gasteiger partial charge in [0.15, 0.2) is 0 Å². The SMILES string of the molecule is CC(C)(C)[Si](C)(C)Oc1ccc2c(c1)CC[C@@H]1[C@@H]2CC[C@@]2(C)[C@H]1CC[C@@]2(O)C[C@@H]1CO1. The van der Waals surface area contributed by atoms with Crippen molar-refractivity contribution in [1.29, 1.82) is 0 Å². The molecule has 3 nitrogen and oxygen atoms in total. The minimum Gasteiger partial charge on any atom is -0.543 e. The van der Waals surface area contributed by atoms with Crippen LogP contribution in [0.25, 0.3) is 0 Å². The van der Waals surface area contributed by atoms with E-state index in [1.807, 2.05) is 0 Å². The van der Waals surface area contributed by atoms with Crippen LogP contribution in [0.5, 0.6) is 5.75 Å². The van der Waals surface area contributed by atoms with Crippen LogP contribution in [-0.2, 0) is 11.2 Å². The molecule has 172 valence electrons. The first-order chi connectivity index (χ1) is 14.4. The van der Waals surface area contributed by atoms with E-state index in [1.165, 1.54) is 24.8 Å². The van der Waals surface area contributed by atoms with Crippen molar-refractivity contribution < 1.29 is 14.3 Å². The molecule has 3 aliphatic carbocycles. The second-order valence-electron chi connectivity index (χ2n) is 12.8. The van der Waals surface area contributed by atoms with E-state index in [0.717, 1.165) is 38.0 Å². The van der Waals surface area contributed by atoms with Crippen molar-refractivity contribution in [3.8, 4) is 5.75 Å². The maximum atomic E-state index is 11.7. The quantitative estimate of drug-likeness (QED) is 0.430. The number of aryl methyl sites for hydroxylation is 1. The highest BCUT2D eigenvalue weighted by molar-refractivity contribution is 6.74. The van der Waals surface area contributed by atoms with E-state index in [9.17, 15) is 5.11 Å². The molecule has 0 spiro atoms. The number of aliphatic hydroxyl groups is 1. The zero-order chi connectivity index (χ0) is 22.2. The van der Waals surface area contributed by atoms with Crippen LogP contribution in [0, 0.1) is 17.3 Å². The number of benzene rings is 1. The third-order valence-corrected chi connectivity index (χ3v) is 14.5. The highest BCUT2D eigenvalue weighted by Crippen LogP contribution is 2.65. The lowest BCUT2D eigenvalue weighted by Crippen LogP contribution is -2.51. The Morgan fingerprint density at radius 2 is 1.90 bits per heavy atom. The zero-order valence-corrected chi connectivity index (χ0v) is 21.5. The molecular weight excluding hydrogens is 400 g/mol. The molecule has 3 fully saturated rings. The summed E-state index contributed by atoms with van der Waals surface area (Å²) < 4.78 is 12.1. The Balaban J connectivity index is 1.37. The summed E-state index contributed by atoms with van der Waals surface area (Å²) in [7, 11) is -1.82. The molecule has 1 N–H and O–H groups in total. The van der Waals surface area contributed by atoms with Gasteiger partial charge in [0.25, 0.3) is 0 Å². The molecule has 1 aliphatic heterocycles. The summed E-state index contributed by atoms with van der Waals surface area (Å²) in [6.45, 7) is 14.8. The van der Waals surface area contributed by atoms with Crippen LogP contribution >= 0.6 is 0 Å². The van der Waals surface area contributed by atoms with E-state index < -0.39 is 13.9 Å². The summed E-state index contributed by atoms with van der Waals surface area (Å²) in [5, 5.41) is 11.9. The van der Waals surface area contributed by atoms with Gasteiger partial charge in [-0.05, 0) is 103 Å². The van der Waals surface area contributed by atoms with Crippen LogP contribution in [-0.4, -0.2) is 31.7 Å². The van der Waals surface area contributed by atoms with Crippen molar-refractivity contribution in [2.75, 3.05) is 6.61 Å². The van der Waals surface area contributed by atoms with Crippen LogP contribution in [0.3, 0.4) is 0 Å². The fraction of sp³-hybridized carbons (Fsp3) is 0.778. The standard InChI is InChI=1S/C27H42O3Si/c1-25(2,3)31(5,6)30-19-8-10-21-18(15-19)7-9-23-22(21)11-13-26(4)24(23)12-14-27(26,28)16-20-17-29-20/h8,10,15,20,22-24,28H,7,9,11-14,16-17H2,1-6H3/t20-,22-,23-,24+,26+,27-/m1/s1. The summed E-state index contributed by atoms with van der Waals surface area (Å²) in [6, 6.07) is 6.98. The van der Waals surface area contributed by atoms with Gasteiger partial charge in [0, 0.05) is 6.42 Å². The maximum absolute atomic E-state index is 11.7. The lowest BCUT2D eigenvalue weighted by atomic mass is 9.53. The summed E-state index contributed by atoms with van der Waals surface area (Å²) in [4.78, 5) is 0. The number of fused-ring (bicyclic) bond motifs is 5. The molecule has 4 aliphatic rings. The first-order valence-electron chi connectivity index (χ1n) is 12.6. The molecule has 1 saturated heterocycles. The molecule has 0 bridgehead atoms. The third-order valence-electron chi connectivity index (χ3n) is 10.2. The number of rotatable bonds is 4. The van der Waals surface area contributed by atoms with Crippen molar-refractivity contribution in [3.05, 3.63) is 29.3 Å². The van der Waals surface area contributed by atoms with E-state index >= 15 is 0 Å². The van der Waals surface area contributed by atoms with Gasteiger partial charge in [-0.15, -0.1) is 0 Å². The number of epoxide rings is 1. The minimum atomic E-state index is -1.82. The molecule has 6 atom stereocenters. The molecule has 4 heteroatoms. The minimum absolute atomic E-state index is 0.0585. The van der Waals surface area contributed by atoms with Gasteiger partial charge in [0.05, 0.1) is 18.3 Å². The van der Waals surface area contributed by atoms with Crippen molar-refractivity contribution in [1.82, 2.24) is 0 Å². The Labute approximate surface area is 190 Å². The number of ether oxygens (including phenoxy) is 1. The molecule has 0 aromatic heterocycles. The molecule has 0 unspecified atom stereocenters. The summed E-state index contributed by atoms with van der Waals surface area (Å²) >= 11 is 0. The topological polar surface area (TPSA) is 42.0 Å². The van der Waals surface area contributed by atoms with E-state index in [4.69, 9.17) is 9.16 Å². The summed E-state index contributed by atoms with van der Waals surface area (Å²) in [6.07, 6.45) is 8.07. The van der Waals surface area contributed by atoms with Gasteiger partial charge >= 0.3 is 0 Å². The van der Waals surface area contributed by atoms with Crippen molar-refractivity contribution in [3.63, 3.8) is 0 Å². The predicted molar refractivity (Wildman–Crippen MR) is 128 cm³/mol. The summed E-state index contributed by atoms with van der Waals surface area (Å²) in [5.41, 5.74) is 2.62. The Bertz CT molecular complexity index is 855. The van der Waals surface area contributed by atoms with Crippen LogP contribution in [0.4, 0.5) is 0 Å². The van der Waals surface area contributed by atoms with Crippen LogP contribution < -0.4 is 4.43 Å². The Morgan fingerprint density at radius 1 is 1.16 bits per heavy atom. The monoisotopic (exact) mass is 442 g/mol. The van der Waals surface area contributed by atoms with Gasteiger partial charge in [-0.25, -0.2) is 0 Å². The maximum Gasteiger partial charge on any atom is 0.250 e. The van der Waals surface area contributed by atoms with Crippen LogP contribution in [0.1, 0.15) is 83.3 Å². The van der Waals surface area contributed by atoms with Crippen LogP contribution in [0.2, 0.25) is 18.1 Å². The van der Waals surface area contributed by atoms with E-state index in [-0.39, 0.29) is 10.5 Å². The molecule has 1 aromatic carbocycles. The average molecular weight is 443 g/mol. The van der Waals surface area contributed by atoms with Gasteiger partial charge in [-0.3, -0.25) is 0 Å². The molecule has 1 heterocycles. The van der Waals surface area contributed by atoms with Crippen molar-refractivity contribution >= 4 is 8.32 Å². The Kier molecular flexibility index (Phi) is 5.02. The summed E-state index contributed by atoms with van der Waals surface area (Å²) in [5.74, 6) is 3.09. The lowest BCUT2D eigenvalue weighted by molar-refractivity contribution is -0.110. The van der Waals surface area contributed by atoms with Gasteiger partial charge < -0.3 is 14.3 Å². The molecule has 1 aromatic rings. The lowest BCUT2D eigenvalue weighted by Gasteiger charge is -2.53. The molecular formula is C27H42O3Si. The fourth-order valence-electron chi connectivity index (χ4n) is 7.08. The molecule has 5 rings (SSSR count). The smallest absolute Gasteiger partial charge is 0.250 e. The average Bonchev–Trinajstić information content (AvgIpc) is 3.44. The highest BCUT2D eigenvalue weighted by atomic mass is 28.4. The first kappa shape index (κ1) is 22.0. The largest absolute Gasteiger partial charge is 0.543 e. The molecule has 0 radical (unpaired) electrons. The Hall–Kier alpha value is -0.843. The van der Waals surface area contributed by atoms with E-state index in [1.54, 1.807) is 5.56 Å². The van der Waals surface area contributed by atoms with Gasteiger partial charge in [-0.2, -0.15) is 0 Å². The van der Waals surface area contributed by atoms with Gasteiger partial charge in [-0.1, -0.05) is 33.8 Å². The fourth-order valence-corrected chi connectivity index (χ4v) is 8.10.